The van der Waals surface area contributed by atoms with E-state index in [-0.39, 0.29) is 78.5 Å². The number of methoxy groups -OCH3 is 2. The predicted octanol–water partition coefficient (Wildman–Crippen LogP) is 3.29. The van der Waals surface area contributed by atoms with E-state index in [0.717, 1.165) is 26.2 Å². The van der Waals surface area contributed by atoms with E-state index in [4.69, 9.17) is 14.6 Å². The summed E-state index contributed by atoms with van der Waals surface area (Å²) in [6, 6.07) is 14.7. The Morgan fingerprint density at radius 1 is 0.732 bits per heavy atom. The third-order valence-corrected chi connectivity index (χ3v) is 15.5. The highest BCUT2D eigenvalue weighted by atomic mass is 32.2. The van der Waals surface area contributed by atoms with Gasteiger partial charge in [-0.25, -0.2) is 26.3 Å². The Hall–Kier alpha value is -5.22. The highest BCUT2D eigenvalue weighted by Gasteiger charge is 2.50. The average Bonchev–Trinajstić information content (AvgIpc) is 3.36. The second kappa shape index (κ2) is 28.1. The molecule has 5 atom stereocenters. The van der Waals surface area contributed by atoms with Crippen LogP contribution in [0.3, 0.4) is 0 Å². The van der Waals surface area contributed by atoms with Crippen molar-refractivity contribution in [2.24, 2.45) is 38.2 Å². The van der Waals surface area contributed by atoms with Gasteiger partial charge in [0.05, 0.1) is 46.6 Å². The molecule has 5 rings (SSSR count). The molecule has 2 aliphatic rings. The molecule has 71 heavy (non-hydrogen) atoms. The molecule has 1 aliphatic heterocycles. The van der Waals surface area contributed by atoms with Crippen molar-refractivity contribution in [3.05, 3.63) is 76.2 Å². The molecule has 0 amide bonds. The molecule has 3 aromatic rings. The summed E-state index contributed by atoms with van der Waals surface area (Å²) in [6.45, 7) is 4.97. The molecule has 2 fully saturated rings. The maximum Gasteiger partial charge on any atom is 0.268 e. The number of sulfonamides is 2. The minimum atomic E-state index is -3.83. The van der Waals surface area contributed by atoms with E-state index >= 15 is 0 Å². The summed E-state index contributed by atoms with van der Waals surface area (Å²) < 4.78 is 69.4. The number of ketones is 1. The third-order valence-electron chi connectivity index (χ3n) is 12.5. The molecule has 2 aromatic carbocycles. The van der Waals surface area contributed by atoms with Gasteiger partial charge in [0.15, 0.2) is 5.78 Å². The zero-order chi connectivity index (χ0) is 51.4. The van der Waals surface area contributed by atoms with E-state index in [1.165, 1.54) is 73.5 Å². The van der Waals surface area contributed by atoms with Crippen LogP contribution in [-0.4, -0.2) is 151 Å². The molecular formula is C47H65N11O11S2. The van der Waals surface area contributed by atoms with Gasteiger partial charge in [0.25, 0.3) is 5.56 Å². The highest BCUT2D eigenvalue weighted by molar-refractivity contribution is 7.89. The highest BCUT2D eigenvalue weighted by Crippen LogP contribution is 2.37. The fraction of sp³-hybridized carbons (Fsp3) is 0.574. The van der Waals surface area contributed by atoms with Gasteiger partial charge in [-0.05, 0) is 93.7 Å². The minimum Gasteiger partial charge on any atom is -0.396 e. The first-order chi connectivity index (χ1) is 34.2. The molecule has 0 bridgehead atoms. The van der Waals surface area contributed by atoms with Crippen molar-refractivity contribution in [3.63, 3.8) is 0 Å². The van der Waals surface area contributed by atoms with Crippen LogP contribution in [-0.2, 0) is 47.5 Å². The van der Waals surface area contributed by atoms with E-state index in [0.29, 0.717) is 69.4 Å². The van der Waals surface area contributed by atoms with Gasteiger partial charge in [0, 0.05) is 96.8 Å². The Balaban J connectivity index is 1.02. The van der Waals surface area contributed by atoms with Gasteiger partial charge in [-0.3, -0.25) is 9.59 Å². The maximum absolute atomic E-state index is 13.2. The second-order valence-electron chi connectivity index (χ2n) is 17.4. The van der Waals surface area contributed by atoms with Gasteiger partial charge >= 0.3 is 0 Å². The number of benzene rings is 2. The number of nitriles is 2. The zero-order valence-electron chi connectivity index (χ0n) is 40.2. The number of piperazine rings is 1. The summed E-state index contributed by atoms with van der Waals surface area (Å²) in [5.41, 5.74) is 0.514. The first-order valence-electron chi connectivity index (χ1n) is 23.7. The third kappa shape index (κ3) is 15.9. The van der Waals surface area contributed by atoms with Gasteiger partial charge in [-0.1, -0.05) is 12.8 Å². The molecule has 24 heteroatoms. The number of hydrogen-bond donors (Lipinski definition) is 5. The molecule has 5 unspecified atom stereocenters. The van der Waals surface area contributed by atoms with Crippen LogP contribution in [0.25, 0.3) is 0 Å². The molecule has 1 aliphatic carbocycles. The van der Waals surface area contributed by atoms with Crippen LogP contribution in [0, 0.1) is 40.4 Å². The quantitative estimate of drug-likeness (QED) is 0.0515. The Labute approximate surface area is 415 Å². The molecule has 0 radical (unpaired) electrons. The monoisotopic (exact) mass is 1020 g/mol. The van der Waals surface area contributed by atoms with Crippen LogP contribution >= 0.6 is 0 Å². The van der Waals surface area contributed by atoms with Crippen LogP contribution in [0.15, 0.2) is 89.8 Å². The Kier molecular flexibility index (Phi) is 22.5. The van der Waals surface area contributed by atoms with Gasteiger partial charge in [-0.2, -0.15) is 25.9 Å². The molecule has 1 saturated carbocycles. The molecule has 5 N–H and O–H groups in total. The smallest absolute Gasteiger partial charge is 0.268 e. The van der Waals surface area contributed by atoms with Gasteiger partial charge < -0.3 is 39.2 Å². The first kappa shape index (κ1) is 56.7. The molecule has 1 saturated heterocycles. The van der Waals surface area contributed by atoms with Crippen LogP contribution in [0.4, 0.5) is 17.1 Å². The number of rotatable bonds is 28. The van der Waals surface area contributed by atoms with Crippen molar-refractivity contribution in [3.8, 4) is 12.1 Å². The van der Waals surface area contributed by atoms with Gasteiger partial charge in [-0.15, -0.1) is 5.11 Å². The summed E-state index contributed by atoms with van der Waals surface area (Å²) in [7, 11) is -4.78. The van der Waals surface area contributed by atoms with E-state index in [1.54, 1.807) is 0 Å². The standard InChI is InChI=1S/C47H65N11O11S2/c1-68-32-41-40(30-49)47(63)58(22-8-28-60)31-43(41)54-52-34-10-14-36(15-11-34)70(64,65)50-18-6-20-56-23-25-57(26-24-56)21-7-19-51-71(66,67)37-16-12-35(13-17-37)53-55-44-42(33-69-2)39(29-48)45(61)38(46(44)62)9-4-3-5-27-59/h10-17,31,38-39,42,44,46,50-51,59-60,62H,3-9,18-28,32-33H2,1-2H3. The second-order valence-corrected chi connectivity index (χ2v) is 20.9. The molecule has 386 valence electrons. The number of unbranched alkanes of at least 4 members (excludes halogenated alkanes) is 2. The van der Waals surface area contributed by atoms with Crippen LogP contribution in [0.5, 0.6) is 0 Å². The van der Waals surface area contributed by atoms with Crippen molar-refractivity contribution in [2.75, 3.05) is 86.4 Å². The number of Topliss-reactive ketones (excluding diaryl/α,β-unsaturated/α-hetero) is 1. The summed E-state index contributed by atoms with van der Waals surface area (Å²) in [4.78, 5) is 30.5. The number of aryl methyl sites for hydroxylation is 1. The number of hydrogen-bond acceptors (Lipinski definition) is 19. The van der Waals surface area contributed by atoms with Crippen molar-refractivity contribution in [1.29, 1.82) is 10.5 Å². The van der Waals surface area contributed by atoms with Crippen LogP contribution < -0.4 is 15.0 Å². The summed E-state index contributed by atoms with van der Waals surface area (Å²) in [5.74, 6) is -2.91. The lowest BCUT2D eigenvalue weighted by atomic mass is 9.68. The lowest BCUT2D eigenvalue weighted by molar-refractivity contribution is -0.139. The molecule has 2 heterocycles. The van der Waals surface area contributed by atoms with Crippen molar-refractivity contribution >= 4 is 42.9 Å². The lowest BCUT2D eigenvalue weighted by Gasteiger charge is -2.39. The number of nitrogens with one attached hydrogen (secondary N) is 2. The Morgan fingerprint density at radius 2 is 1.30 bits per heavy atom. The number of nitrogens with zero attached hydrogens (tertiary/aromatic N) is 9. The van der Waals surface area contributed by atoms with Gasteiger partial charge in [0.2, 0.25) is 20.0 Å². The molecule has 1 aromatic heterocycles. The Morgan fingerprint density at radius 3 is 1.80 bits per heavy atom. The lowest BCUT2D eigenvalue weighted by Crippen LogP contribution is -2.53. The normalized spacial score (nSPS) is 20.4. The number of aliphatic hydroxyl groups excluding tert-OH is 3. The Bertz CT molecular complexity index is 2630. The summed E-state index contributed by atoms with van der Waals surface area (Å²) in [5, 5.41) is 66.2. The number of carbonyl (C=O) groups excluding carboxylic acids is 1. The fourth-order valence-corrected chi connectivity index (χ4v) is 10.7. The number of carbonyl (C=O) groups is 1. The van der Waals surface area contributed by atoms with E-state index in [9.17, 15) is 47.2 Å². The molecular weight excluding hydrogens is 959 g/mol. The number of pyridine rings is 1. The summed E-state index contributed by atoms with van der Waals surface area (Å²) in [6.07, 6.45) is 3.91. The topological polar surface area (TPSA) is 314 Å². The average molecular weight is 1020 g/mol. The summed E-state index contributed by atoms with van der Waals surface area (Å²) >= 11 is 0. The van der Waals surface area contributed by atoms with E-state index < -0.39 is 55.5 Å². The molecule has 22 nitrogen and oxygen atoms in total. The first-order valence-corrected chi connectivity index (χ1v) is 26.6. The van der Waals surface area contributed by atoms with Crippen molar-refractivity contribution < 1.29 is 46.4 Å². The fourth-order valence-electron chi connectivity index (χ4n) is 8.60. The van der Waals surface area contributed by atoms with Crippen molar-refractivity contribution in [2.45, 2.75) is 80.0 Å². The van der Waals surface area contributed by atoms with Crippen LogP contribution in [0.2, 0.25) is 0 Å². The number of aromatic nitrogens is 1. The van der Waals surface area contributed by atoms with E-state index in [2.05, 4.69) is 45.8 Å². The predicted molar refractivity (Wildman–Crippen MR) is 260 cm³/mol. The van der Waals surface area contributed by atoms with Gasteiger partial charge in [0.1, 0.15) is 29.3 Å². The van der Waals surface area contributed by atoms with E-state index in [1.807, 2.05) is 6.07 Å². The largest absolute Gasteiger partial charge is 0.396 e. The molecule has 0 spiro atoms. The number of ether oxygens (including phenoxy) is 2. The minimum absolute atomic E-state index is 0.0122. The SMILES string of the molecule is COCc1c(N=Nc2ccc(S(=O)(=O)NCCCN3CCN(CCCNS(=O)(=O)c4ccc(N=NC5C(O)C(CCCCCO)C(=O)C(C#N)C5COC)cc4)CC3)cc2)cn(CCCO)c(=O)c1C#N. The number of aliphatic hydroxyl groups is 3. The maximum atomic E-state index is 13.2. The van der Waals surface area contributed by atoms with Crippen molar-refractivity contribution in [1.82, 2.24) is 23.8 Å². The number of azo groups is 2. The van der Waals surface area contributed by atoms with Crippen LogP contribution in [0.1, 0.15) is 56.1 Å². The zero-order valence-corrected chi connectivity index (χ0v) is 41.8.